The maximum atomic E-state index is 11.3. The van der Waals surface area contributed by atoms with Crippen molar-refractivity contribution in [1.82, 2.24) is 15.3 Å². The van der Waals surface area contributed by atoms with Crippen LogP contribution in [0, 0.1) is 10.1 Å². The van der Waals surface area contributed by atoms with Crippen LogP contribution in [-0.2, 0) is 0 Å². The van der Waals surface area contributed by atoms with E-state index in [0.717, 1.165) is 85.9 Å². The number of para-hydroxylation sites is 2. The summed E-state index contributed by atoms with van der Waals surface area (Å²) in [6.45, 7) is 12.2. The predicted octanol–water partition coefficient (Wildman–Crippen LogP) is 9.41. The highest BCUT2D eigenvalue weighted by molar-refractivity contribution is 5.91. The van der Waals surface area contributed by atoms with E-state index in [0.29, 0.717) is 17.8 Å². The number of nitrogens with zero attached hydrogens (tertiary/aromatic N) is 4. The summed E-state index contributed by atoms with van der Waals surface area (Å²) in [6.07, 6.45) is 7.90. The summed E-state index contributed by atoms with van der Waals surface area (Å²) >= 11 is 0. The Labute approximate surface area is 292 Å². The topological polar surface area (TPSA) is 103 Å². The molecule has 3 aromatic carbocycles. The van der Waals surface area contributed by atoms with Gasteiger partial charge in [-0.15, -0.1) is 0 Å². The molecular weight excluding hydrogens is 614 g/mol. The maximum Gasteiger partial charge on any atom is 0.270 e. The van der Waals surface area contributed by atoms with E-state index < -0.39 is 0 Å². The molecule has 0 unspecified atom stereocenters. The first-order valence-electron chi connectivity index (χ1n) is 18.1. The highest BCUT2D eigenvalue weighted by atomic mass is 16.6. The number of benzene rings is 3. The Kier molecular flexibility index (Phi) is 14.6. The minimum absolute atomic E-state index is 0.0791. The highest BCUT2D eigenvalue weighted by Gasteiger charge is 2.30. The lowest BCUT2D eigenvalue weighted by atomic mass is 9.88. The summed E-state index contributed by atoms with van der Waals surface area (Å²) in [5.74, 6) is 5.22. The van der Waals surface area contributed by atoms with Gasteiger partial charge in [0.1, 0.15) is 23.1 Å². The Balaban J connectivity index is 0.000000237. The van der Waals surface area contributed by atoms with Crippen LogP contribution in [0.4, 0.5) is 11.5 Å². The number of nitro benzene ring substituents is 1. The Morgan fingerprint density at radius 3 is 1.82 bits per heavy atom. The minimum Gasteiger partial charge on any atom is -0.496 e. The number of ether oxygens (including phenoxy) is 2. The molecule has 7 rings (SSSR count). The van der Waals surface area contributed by atoms with Gasteiger partial charge < -0.3 is 19.7 Å². The molecule has 0 amide bonds. The molecule has 0 spiro atoms. The van der Waals surface area contributed by atoms with Crippen molar-refractivity contribution in [3.63, 3.8) is 0 Å². The van der Waals surface area contributed by atoms with Crippen LogP contribution < -0.4 is 19.7 Å². The van der Waals surface area contributed by atoms with Crippen LogP contribution in [0.5, 0.6) is 11.5 Å². The Morgan fingerprint density at radius 1 is 0.776 bits per heavy atom. The van der Waals surface area contributed by atoms with Crippen LogP contribution in [0.25, 0.3) is 10.9 Å². The fourth-order valence-corrected chi connectivity index (χ4v) is 6.54. The van der Waals surface area contributed by atoms with Gasteiger partial charge in [0.25, 0.3) is 5.69 Å². The number of aromatic nitrogens is 2. The van der Waals surface area contributed by atoms with Gasteiger partial charge in [0.15, 0.2) is 0 Å². The summed E-state index contributed by atoms with van der Waals surface area (Å²) < 4.78 is 10.9. The summed E-state index contributed by atoms with van der Waals surface area (Å²) in [6, 6.07) is 21.5. The van der Waals surface area contributed by atoms with Crippen molar-refractivity contribution in [2.75, 3.05) is 45.3 Å². The Morgan fingerprint density at radius 2 is 1.31 bits per heavy atom. The number of methoxy groups -OCH3 is 2. The molecule has 0 atom stereocenters. The van der Waals surface area contributed by atoms with E-state index in [1.54, 1.807) is 26.4 Å². The van der Waals surface area contributed by atoms with Crippen molar-refractivity contribution in [2.24, 2.45) is 0 Å². The SMILES string of the molecule is CC.CCC.COc1ccccc1C1CCN(c2nc(C3CC3)nc3ccc([N+](=O)[O-])cc23)CC1.COc1ccccc1C1CCNCC1. The zero-order valence-electron chi connectivity index (χ0n) is 30.3. The molecule has 0 radical (unpaired) electrons. The average Bonchev–Trinajstić information content (AvgIpc) is 4.02. The molecule has 1 N–H and O–H groups in total. The number of fused-ring (bicyclic) bond motifs is 1. The van der Waals surface area contributed by atoms with E-state index in [9.17, 15) is 10.1 Å². The maximum absolute atomic E-state index is 11.3. The smallest absolute Gasteiger partial charge is 0.270 e. The van der Waals surface area contributed by atoms with Crippen molar-refractivity contribution in [3.05, 3.63) is 93.8 Å². The van der Waals surface area contributed by atoms with Crippen LogP contribution in [0.2, 0.25) is 0 Å². The van der Waals surface area contributed by atoms with E-state index in [4.69, 9.17) is 19.4 Å². The lowest BCUT2D eigenvalue weighted by Crippen LogP contribution is -2.34. The van der Waals surface area contributed by atoms with Crippen LogP contribution in [-0.4, -0.2) is 55.3 Å². The molecule has 1 aromatic heterocycles. The fourth-order valence-electron chi connectivity index (χ4n) is 6.54. The molecule has 3 aliphatic rings. The fraction of sp³-hybridized carbons (Fsp3) is 0.500. The summed E-state index contributed by atoms with van der Waals surface area (Å²) in [7, 11) is 3.47. The van der Waals surface area contributed by atoms with Gasteiger partial charge in [-0.1, -0.05) is 70.5 Å². The number of nitrogens with one attached hydrogen (secondary N) is 1. The first kappa shape index (κ1) is 37.6. The molecule has 49 heavy (non-hydrogen) atoms. The Hall–Kier alpha value is -4.24. The number of piperidine rings is 2. The molecule has 0 bridgehead atoms. The minimum atomic E-state index is -0.355. The van der Waals surface area contributed by atoms with E-state index in [1.165, 1.54) is 36.5 Å². The first-order chi connectivity index (χ1) is 24.0. The second-order valence-corrected chi connectivity index (χ2v) is 12.6. The van der Waals surface area contributed by atoms with Crippen molar-refractivity contribution in [1.29, 1.82) is 0 Å². The quantitative estimate of drug-likeness (QED) is 0.153. The monoisotopic (exact) mass is 669 g/mol. The van der Waals surface area contributed by atoms with Gasteiger partial charge in [-0.05, 0) is 92.8 Å². The standard InChI is InChI=1S/C23H24N4O3.C12H17NO.C3H8.C2H6/c1-30-21-5-3-2-4-18(21)15-10-12-26(13-11-15)23-19-14-17(27(28)29)8-9-20(19)24-22(25-23)16-6-7-16;1-14-12-5-3-2-4-11(12)10-6-8-13-9-7-10;1-3-2;1-2/h2-5,8-9,14-16H,6-7,10-13H2,1H3;2-5,10,13H,6-9H2,1H3;3H2,1-2H3;1-2H3. The van der Waals surface area contributed by atoms with Crippen LogP contribution in [0.1, 0.15) is 107 Å². The van der Waals surface area contributed by atoms with Gasteiger partial charge in [-0.3, -0.25) is 10.1 Å². The number of rotatable bonds is 7. The number of nitro groups is 1. The highest BCUT2D eigenvalue weighted by Crippen LogP contribution is 2.42. The van der Waals surface area contributed by atoms with Crippen LogP contribution >= 0.6 is 0 Å². The molecule has 3 fully saturated rings. The molecule has 264 valence electrons. The summed E-state index contributed by atoms with van der Waals surface area (Å²) in [5.41, 5.74) is 3.49. The van der Waals surface area contributed by atoms with Crippen molar-refractivity contribution in [2.45, 2.75) is 90.4 Å². The van der Waals surface area contributed by atoms with Gasteiger partial charge in [0.2, 0.25) is 0 Å². The zero-order valence-corrected chi connectivity index (χ0v) is 30.3. The lowest BCUT2D eigenvalue weighted by molar-refractivity contribution is -0.384. The van der Waals surface area contributed by atoms with Gasteiger partial charge >= 0.3 is 0 Å². The second kappa shape index (κ2) is 19.1. The van der Waals surface area contributed by atoms with E-state index in [1.807, 2.05) is 32.0 Å². The third kappa shape index (κ3) is 9.91. The van der Waals surface area contributed by atoms with Crippen molar-refractivity contribution >= 4 is 22.4 Å². The summed E-state index contributed by atoms with van der Waals surface area (Å²) in [4.78, 5) is 22.8. The van der Waals surface area contributed by atoms with E-state index >= 15 is 0 Å². The van der Waals surface area contributed by atoms with E-state index in [2.05, 4.69) is 54.4 Å². The molecular formula is C40H55N5O4. The number of hydrogen-bond donors (Lipinski definition) is 1. The normalized spacial score (nSPS) is 16.2. The molecule has 2 aliphatic heterocycles. The largest absolute Gasteiger partial charge is 0.496 e. The van der Waals surface area contributed by atoms with Crippen molar-refractivity contribution in [3.8, 4) is 11.5 Å². The third-order valence-electron chi connectivity index (χ3n) is 9.12. The number of anilines is 1. The van der Waals surface area contributed by atoms with Gasteiger partial charge in [-0.2, -0.15) is 0 Å². The molecule has 4 aromatic rings. The molecule has 1 saturated carbocycles. The van der Waals surface area contributed by atoms with Crippen LogP contribution in [0.15, 0.2) is 66.7 Å². The Bertz CT molecular complexity index is 1610. The third-order valence-corrected chi connectivity index (χ3v) is 9.12. The summed E-state index contributed by atoms with van der Waals surface area (Å²) in [5, 5.41) is 15.5. The second-order valence-electron chi connectivity index (χ2n) is 12.6. The van der Waals surface area contributed by atoms with Crippen LogP contribution in [0.3, 0.4) is 0 Å². The first-order valence-corrected chi connectivity index (χ1v) is 18.1. The molecule has 3 heterocycles. The van der Waals surface area contributed by atoms with Gasteiger partial charge in [0.05, 0.1) is 24.7 Å². The lowest BCUT2D eigenvalue weighted by Gasteiger charge is -2.34. The number of hydrogen-bond acceptors (Lipinski definition) is 8. The van der Waals surface area contributed by atoms with Gasteiger partial charge in [0, 0.05) is 36.5 Å². The van der Waals surface area contributed by atoms with Crippen molar-refractivity contribution < 1.29 is 14.4 Å². The average molecular weight is 670 g/mol. The molecule has 2 saturated heterocycles. The zero-order chi connectivity index (χ0) is 35.2. The number of non-ortho nitro benzene ring substituents is 1. The van der Waals surface area contributed by atoms with E-state index in [-0.39, 0.29) is 10.6 Å². The molecule has 1 aliphatic carbocycles. The molecule has 9 heteroatoms. The predicted molar refractivity (Wildman–Crippen MR) is 201 cm³/mol. The molecule has 9 nitrogen and oxygen atoms in total. The van der Waals surface area contributed by atoms with Gasteiger partial charge in [-0.25, -0.2) is 9.97 Å².